The zero-order chi connectivity index (χ0) is 12.4. The quantitative estimate of drug-likeness (QED) is 0.742. The molecule has 5 nitrogen and oxygen atoms in total. The van der Waals surface area contributed by atoms with Gasteiger partial charge >= 0.3 is 0 Å². The average molecular weight is 254 g/mol. The lowest BCUT2D eigenvalue weighted by Crippen LogP contribution is -2.51. The van der Waals surface area contributed by atoms with Gasteiger partial charge in [-0.25, -0.2) is 0 Å². The number of nitrogens with zero attached hydrogens (tertiary/aromatic N) is 1. The van der Waals surface area contributed by atoms with E-state index in [1.807, 2.05) is 0 Å². The molecule has 1 aliphatic heterocycles. The maximum Gasteiger partial charge on any atom is 0.246 e. The van der Waals surface area contributed by atoms with Gasteiger partial charge in [0.25, 0.3) is 0 Å². The number of nitrogens with two attached hydrogens (primary N) is 1. The molecule has 3 N–H and O–H groups in total. The Bertz CT molecular complexity index is 460. The van der Waals surface area contributed by atoms with Gasteiger partial charge in [-0.1, -0.05) is 17.7 Å². The van der Waals surface area contributed by atoms with Crippen molar-refractivity contribution in [2.75, 3.05) is 18.0 Å². The van der Waals surface area contributed by atoms with E-state index in [1.54, 1.807) is 23.1 Å². The monoisotopic (exact) mass is 253 g/mol. The number of imide groups is 1. The van der Waals surface area contributed by atoms with Crippen molar-refractivity contribution in [3.05, 3.63) is 28.8 Å². The first kappa shape index (κ1) is 11.9. The second-order valence-corrected chi connectivity index (χ2v) is 4.24. The van der Waals surface area contributed by atoms with E-state index in [0.717, 1.165) is 11.3 Å². The van der Waals surface area contributed by atoms with Crippen molar-refractivity contribution in [3.8, 4) is 0 Å². The summed E-state index contributed by atoms with van der Waals surface area (Å²) in [5.41, 5.74) is 7.22. The van der Waals surface area contributed by atoms with Crippen LogP contribution in [0.4, 0.5) is 5.69 Å². The van der Waals surface area contributed by atoms with Crippen molar-refractivity contribution in [1.29, 1.82) is 0 Å². The standard InChI is InChI=1S/C11H12ClN3O2/c12-8-2-1-7(4-13)9(3-8)15-5-10(16)14-11(17)6-15/h1-3H,4-6,13H2,(H,14,16,17). The van der Waals surface area contributed by atoms with Crippen LogP contribution in [-0.2, 0) is 16.1 Å². The normalized spacial score (nSPS) is 16.0. The lowest BCUT2D eigenvalue weighted by Gasteiger charge is -2.29. The van der Waals surface area contributed by atoms with E-state index < -0.39 is 0 Å². The van der Waals surface area contributed by atoms with Gasteiger partial charge in [-0.3, -0.25) is 14.9 Å². The number of anilines is 1. The Balaban J connectivity index is 2.35. The van der Waals surface area contributed by atoms with Crippen molar-refractivity contribution >= 4 is 29.1 Å². The number of nitrogens with one attached hydrogen (secondary N) is 1. The molecule has 1 aromatic rings. The zero-order valence-electron chi connectivity index (χ0n) is 9.07. The molecule has 1 saturated heterocycles. The smallest absolute Gasteiger partial charge is 0.246 e. The fourth-order valence-electron chi connectivity index (χ4n) is 1.81. The van der Waals surface area contributed by atoms with Gasteiger partial charge in [-0.05, 0) is 17.7 Å². The molecule has 1 aromatic carbocycles. The van der Waals surface area contributed by atoms with E-state index in [-0.39, 0.29) is 24.9 Å². The first-order valence-electron chi connectivity index (χ1n) is 5.16. The van der Waals surface area contributed by atoms with Gasteiger partial charge in [0.15, 0.2) is 0 Å². The summed E-state index contributed by atoms with van der Waals surface area (Å²) in [6.07, 6.45) is 0. The van der Waals surface area contributed by atoms with Crippen LogP contribution in [0, 0.1) is 0 Å². The Morgan fingerprint density at radius 3 is 2.53 bits per heavy atom. The molecule has 17 heavy (non-hydrogen) atoms. The summed E-state index contributed by atoms with van der Waals surface area (Å²) in [6, 6.07) is 5.25. The minimum absolute atomic E-state index is 0.138. The van der Waals surface area contributed by atoms with Crippen LogP contribution in [0.25, 0.3) is 0 Å². The number of carbonyl (C=O) groups is 2. The molecule has 0 radical (unpaired) electrons. The summed E-state index contributed by atoms with van der Waals surface area (Å²) in [6.45, 7) is 0.608. The molecule has 0 aliphatic carbocycles. The molecule has 2 amide bonds. The van der Waals surface area contributed by atoms with Gasteiger partial charge < -0.3 is 10.6 Å². The van der Waals surface area contributed by atoms with E-state index >= 15 is 0 Å². The molecule has 1 fully saturated rings. The largest absolute Gasteiger partial charge is 0.353 e. The van der Waals surface area contributed by atoms with Gasteiger partial charge in [0, 0.05) is 17.3 Å². The number of piperazine rings is 1. The highest BCUT2D eigenvalue weighted by Gasteiger charge is 2.24. The molecule has 0 unspecified atom stereocenters. The third-order valence-corrected chi connectivity index (χ3v) is 2.79. The molecule has 0 atom stereocenters. The Kier molecular flexibility index (Phi) is 3.31. The minimum Gasteiger partial charge on any atom is -0.353 e. The maximum absolute atomic E-state index is 11.3. The number of rotatable bonds is 2. The summed E-state index contributed by atoms with van der Waals surface area (Å²) in [7, 11) is 0. The fraction of sp³-hybridized carbons (Fsp3) is 0.273. The van der Waals surface area contributed by atoms with Gasteiger partial charge in [0.2, 0.25) is 11.8 Å². The van der Waals surface area contributed by atoms with Crippen molar-refractivity contribution in [1.82, 2.24) is 5.32 Å². The van der Waals surface area contributed by atoms with Gasteiger partial charge in [-0.15, -0.1) is 0 Å². The molecule has 0 saturated carbocycles. The second-order valence-electron chi connectivity index (χ2n) is 3.80. The molecule has 6 heteroatoms. The topological polar surface area (TPSA) is 75.4 Å². The van der Waals surface area contributed by atoms with E-state index in [1.165, 1.54) is 0 Å². The van der Waals surface area contributed by atoms with E-state index in [2.05, 4.69) is 5.32 Å². The lowest BCUT2D eigenvalue weighted by molar-refractivity contribution is -0.130. The predicted octanol–water partition coefficient (Wildman–Crippen LogP) is 0.261. The first-order valence-corrected chi connectivity index (χ1v) is 5.54. The van der Waals surface area contributed by atoms with Crippen LogP contribution in [0.2, 0.25) is 5.02 Å². The van der Waals surface area contributed by atoms with Crippen LogP contribution in [-0.4, -0.2) is 24.9 Å². The van der Waals surface area contributed by atoms with Crippen LogP contribution in [0.15, 0.2) is 18.2 Å². The Morgan fingerprint density at radius 2 is 1.94 bits per heavy atom. The zero-order valence-corrected chi connectivity index (χ0v) is 9.83. The molecular weight excluding hydrogens is 242 g/mol. The maximum atomic E-state index is 11.3. The van der Waals surface area contributed by atoms with Crippen molar-refractivity contribution in [2.45, 2.75) is 6.54 Å². The molecular formula is C11H12ClN3O2. The van der Waals surface area contributed by atoms with Crippen molar-refractivity contribution in [2.24, 2.45) is 5.73 Å². The lowest BCUT2D eigenvalue weighted by atomic mass is 10.1. The summed E-state index contributed by atoms with van der Waals surface area (Å²) < 4.78 is 0. The van der Waals surface area contributed by atoms with Crippen molar-refractivity contribution in [3.63, 3.8) is 0 Å². The van der Waals surface area contributed by atoms with E-state index in [9.17, 15) is 9.59 Å². The van der Waals surface area contributed by atoms with Crippen LogP contribution in [0.3, 0.4) is 0 Å². The summed E-state index contributed by atoms with van der Waals surface area (Å²) in [5.74, 6) is -0.631. The molecule has 0 spiro atoms. The highest BCUT2D eigenvalue weighted by molar-refractivity contribution is 6.30. The molecule has 2 rings (SSSR count). The Morgan fingerprint density at radius 1 is 1.29 bits per heavy atom. The Hall–Kier alpha value is -1.59. The highest BCUT2D eigenvalue weighted by atomic mass is 35.5. The number of hydrogen-bond acceptors (Lipinski definition) is 4. The SMILES string of the molecule is NCc1ccc(Cl)cc1N1CC(=O)NC(=O)C1. The molecule has 90 valence electrons. The number of benzene rings is 1. The fourth-order valence-corrected chi connectivity index (χ4v) is 1.98. The van der Waals surface area contributed by atoms with Crippen LogP contribution < -0.4 is 16.0 Å². The van der Waals surface area contributed by atoms with Crippen LogP contribution in [0.1, 0.15) is 5.56 Å². The van der Waals surface area contributed by atoms with Gasteiger partial charge in [0.1, 0.15) is 0 Å². The summed E-state index contributed by atoms with van der Waals surface area (Å²) in [5, 5.41) is 2.80. The number of hydrogen-bond donors (Lipinski definition) is 2. The number of halogens is 1. The van der Waals surface area contributed by atoms with Crippen LogP contribution in [0.5, 0.6) is 0 Å². The van der Waals surface area contributed by atoms with E-state index in [4.69, 9.17) is 17.3 Å². The second kappa shape index (κ2) is 4.73. The molecule has 1 aliphatic rings. The van der Waals surface area contributed by atoms with Gasteiger partial charge in [0.05, 0.1) is 13.1 Å². The molecule has 1 heterocycles. The molecule has 0 bridgehead atoms. The minimum atomic E-state index is -0.316. The van der Waals surface area contributed by atoms with E-state index in [0.29, 0.717) is 11.6 Å². The average Bonchev–Trinajstić information content (AvgIpc) is 2.27. The third kappa shape index (κ3) is 2.57. The summed E-state index contributed by atoms with van der Waals surface area (Å²) >= 11 is 5.91. The van der Waals surface area contributed by atoms with Crippen molar-refractivity contribution < 1.29 is 9.59 Å². The highest BCUT2D eigenvalue weighted by Crippen LogP contribution is 2.25. The molecule has 0 aromatic heterocycles. The van der Waals surface area contributed by atoms with Crippen LogP contribution >= 0.6 is 11.6 Å². The third-order valence-electron chi connectivity index (χ3n) is 2.56. The number of amides is 2. The summed E-state index contributed by atoms with van der Waals surface area (Å²) in [4.78, 5) is 24.3. The number of carbonyl (C=O) groups excluding carboxylic acids is 2. The van der Waals surface area contributed by atoms with Gasteiger partial charge in [-0.2, -0.15) is 0 Å². The first-order chi connectivity index (χ1) is 8.10. The Labute approximate surface area is 104 Å². The predicted molar refractivity (Wildman–Crippen MR) is 64.7 cm³/mol.